The minimum absolute atomic E-state index is 0.101. The van der Waals surface area contributed by atoms with Gasteiger partial charge >= 0.3 is 0 Å². The van der Waals surface area contributed by atoms with Crippen molar-refractivity contribution in [3.8, 4) is 11.4 Å². The molecule has 4 rings (SSSR count). The zero-order valence-corrected chi connectivity index (χ0v) is 16.1. The molecule has 0 atom stereocenters. The van der Waals surface area contributed by atoms with Gasteiger partial charge in [0.05, 0.1) is 24.4 Å². The Bertz CT molecular complexity index is 961. The van der Waals surface area contributed by atoms with Gasteiger partial charge in [-0.05, 0) is 56.0 Å². The molecule has 0 spiro atoms. The highest BCUT2D eigenvalue weighted by molar-refractivity contribution is 7.99. The summed E-state index contributed by atoms with van der Waals surface area (Å²) in [5.41, 5.74) is 1.87. The highest BCUT2D eigenvalue weighted by atomic mass is 32.2. The largest absolute Gasteiger partial charge is 0.493 e. The van der Waals surface area contributed by atoms with Crippen LogP contribution in [-0.4, -0.2) is 40.1 Å². The molecule has 0 bridgehead atoms. The van der Waals surface area contributed by atoms with E-state index >= 15 is 0 Å². The van der Waals surface area contributed by atoms with E-state index in [1.54, 1.807) is 10.8 Å². The van der Waals surface area contributed by atoms with Crippen LogP contribution in [-0.2, 0) is 4.74 Å². The van der Waals surface area contributed by atoms with Gasteiger partial charge in [0, 0.05) is 18.6 Å². The number of aromatic amines is 1. The van der Waals surface area contributed by atoms with Crippen LogP contribution in [0.5, 0.6) is 5.75 Å². The highest BCUT2D eigenvalue weighted by Crippen LogP contribution is 2.30. The molecule has 0 radical (unpaired) electrons. The van der Waals surface area contributed by atoms with Crippen molar-refractivity contribution in [2.45, 2.75) is 24.9 Å². The van der Waals surface area contributed by atoms with Gasteiger partial charge in [0.25, 0.3) is 5.56 Å². The Balaban J connectivity index is 1.63. The molecule has 1 saturated carbocycles. The van der Waals surface area contributed by atoms with Crippen molar-refractivity contribution in [3.05, 3.63) is 46.9 Å². The Morgan fingerprint density at radius 2 is 2.07 bits per heavy atom. The van der Waals surface area contributed by atoms with Crippen molar-refractivity contribution in [1.29, 1.82) is 0 Å². The lowest BCUT2D eigenvalue weighted by Crippen LogP contribution is -2.22. The zero-order chi connectivity index (χ0) is 18.6. The number of fused-ring (bicyclic) bond motifs is 1. The number of nitrogens with zero attached hydrogens (tertiary/aromatic N) is 2. The first-order chi connectivity index (χ1) is 13.3. The molecular formula is C20H23N3O3S. The van der Waals surface area contributed by atoms with Crippen LogP contribution >= 0.6 is 11.8 Å². The predicted molar refractivity (Wildman–Crippen MR) is 107 cm³/mol. The molecule has 1 aromatic carbocycles. The molecule has 2 heterocycles. The van der Waals surface area contributed by atoms with Crippen molar-refractivity contribution in [3.63, 3.8) is 0 Å². The third-order valence-corrected chi connectivity index (χ3v) is 5.39. The maximum absolute atomic E-state index is 13.0. The predicted octanol–water partition coefficient (Wildman–Crippen LogP) is 3.63. The van der Waals surface area contributed by atoms with E-state index in [4.69, 9.17) is 9.47 Å². The topological polar surface area (TPSA) is 69.1 Å². The summed E-state index contributed by atoms with van der Waals surface area (Å²) in [5.74, 6) is 2.27. The van der Waals surface area contributed by atoms with E-state index in [0.717, 1.165) is 23.8 Å². The minimum Gasteiger partial charge on any atom is -0.493 e. The second-order valence-electron chi connectivity index (χ2n) is 6.57. The standard InChI is InChI=1S/C20H23N3O3S/c1-2-25-11-12-27-20-22-17-9-10-21-18(17)19(24)23(20)15-5-7-16(8-6-15)26-13-14-3-4-14/h5-10,14,21H,2-4,11-13H2,1H3. The van der Waals surface area contributed by atoms with Gasteiger partial charge < -0.3 is 14.5 Å². The van der Waals surface area contributed by atoms with E-state index in [9.17, 15) is 4.79 Å². The Kier molecular flexibility index (Phi) is 5.50. The van der Waals surface area contributed by atoms with Crippen molar-refractivity contribution < 1.29 is 9.47 Å². The number of ether oxygens (including phenoxy) is 2. The summed E-state index contributed by atoms with van der Waals surface area (Å²) in [6.45, 7) is 4.04. The third-order valence-electron chi connectivity index (χ3n) is 4.49. The molecule has 1 fully saturated rings. The van der Waals surface area contributed by atoms with E-state index in [2.05, 4.69) is 9.97 Å². The fraction of sp³-hybridized carbons (Fsp3) is 0.400. The van der Waals surface area contributed by atoms with Gasteiger partial charge in [-0.3, -0.25) is 9.36 Å². The van der Waals surface area contributed by atoms with Gasteiger partial charge in [0.1, 0.15) is 11.3 Å². The second kappa shape index (κ2) is 8.19. The summed E-state index contributed by atoms with van der Waals surface area (Å²) in [6, 6.07) is 9.47. The molecule has 6 nitrogen and oxygen atoms in total. The molecule has 3 aromatic rings. The van der Waals surface area contributed by atoms with Gasteiger partial charge in [0.2, 0.25) is 0 Å². The summed E-state index contributed by atoms with van der Waals surface area (Å²) in [6.07, 6.45) is 4.27. The van der Waals surface area contributed by atoms with Crippen LogP contribution in [0.2, 0.25) is 0 Å². The molecule has 142 valence electrons. The Labute approximate surface area is 161 Å². The Hall–Kier alpha value is -2.25. The van der Waals surface area contributed by atoms with Crippen LogP contribution in [0.4, 0.5) is 0 Å². The maximum Gasteiger partial charge on any atom is 0.283 e. The van der Waals surface area contributed by atoms with Crippen molar-refractivity contribution >= 4 is 22.8 Å². The quantitative estimate of drug-likeness (QED) is 0.346. The number of H-pyrrole nitrogens is 1. The van der Waals surface area contributed by atoms with Crippen molar-refractivity contribution in [2.75, 3.05) is 25.6 Å². The van der Waals surface area contributed by atoms with Crippen LogP contribution in [0, 0.1) is 5.92 Å². The Morgan fingerprint density at radius 1 is 1.26 bits per heavy atom. The van der Waals surface area contributed by atoms with E-state index in [0.29, 0.717) is 35.3 Å². The second-order valence-corrected chi connectivity index (χ2v) is 7.63. The zero-order valence-electron chi connectivity index (χ0n) is 15.3. The summed E-state index contributed by atoms with van der Waals surface area (Å²) in [4.78, 5) is 20.7. The van der Waals surface area contributed by atoms with Crippen LogP contribution < -0.4 is 10.3 Å². The van der Waals surface area contributed by atoms with Gasteiger partial charge in [-0.15, -0.1) is 0 Å². The molecule has 0 saturated heterocycles. The van der Waals surface area contributed by atoms with E-state index in [1.165, 1.54) is 24.6 Å². The molecule has 1 aliphatic carbocycles. The number of hydrogen-bond acceptors (Lipinski definition) is 5. The molecule has 0 amide bonds. The molecule has 0 aliphatic heterocycles. The average Bonchev–Trinajstić information content (AvgIpc) is 3.40. The molecular weight excluding hydrogens is 362 g/mol. The monoisotopic (exact) mass is 385 g/mol. The first-order valence-corrected chi connectivity index (χ1v) is 10.3. The van der Waals surface area contributed by atoms with Crippen LogP contribution in [0.15, 0.2) is 46.5 Å². The van der Waals surface area contributed by atoms with Gasteiger partial charge in [-0.2, -0.15) is 0 Å². The van der Waals surface area contributed by atoms with Gasteiger partial charge in [0.15, 0.2) is 5.16 Å². The number of nitrogens with one attached hydrogen (secondary N) is 1. The summed E-state index contributed by atoms with van der Waals surface area (Å²) in [7, 11) is 0. The van der Waals surface area contributed by atoms with Gasteiger partial charge in [-0.25, -0.2) is 4.98 Å². The van der Waals surface area contributed by atoms with Crippen molar-refractivity contribution in [1.82, 2.24) is 14.5 Å². The number of hydrogen-bond donors (Lipinski definition) is 1. The first kappa shape index (κ1) is 18.1. The summed E-state index contributed by atoms with van der Waals surface area (Å²) >= 11 is 1.52. The van der Waals surface area contributed by atoms with Crippen LogP contribution in [0.3, 0.4) is 0 Å². The SMILES string of the molecule is CCOCCSc1nc2cc[nH]c2c(=O)n1-c1ccc(OCC2CC2)cc1. The molecule has 27 heavy (non-hydrogen) atoms. The fourth-order valence-electron chi connectivity index (χ4n) is 2.83. The van der Waals surface area contributed by atoms with Crippen molar-refractivity contribution in [2.24, 2.45) is 5.92 Å². The van der Waals surface area contributed by atoms with E-state index in [1.807, 2.05) is 37.3 Å². The summed E-state index contributed by atoms with van der Waals surface area (Å²) < 4.78 is 12.9. The normalized spacial score (nSPS) is 14.0. The van der Waals surface area contributed by atoms with Gasteiger partial charge in [-0.1, -0.05) is 11.8 Å². The number of thioether (sulfide) groups is 1. The smallest absolute Gasteiger partial charge is 0.283 e. The van der Waals surface area contributed by atoms with Crippen LogP contribution in [0.1, 0.15) is 19.8 Å². The molecule has 0 unspecified atom stereocenters. The lowest BCUT2D eigenvalue weighted by atomic mass is 10.3. The Morgan fingerprint density at radius 3 is 2.81 bits per heavy atom. The first-order valence-electron chi connectivity index (χ1n) is 9.30. The maximum atomic E-state index is 13.0. The van der Waals surface area contributed by atoms with E-state index in [-0.39, 0.29) is 5.56 Å². The highest BCUT2D eigenvalue weighted by Gasteiger charge is 2.22. The van der Waals surface area contributed by atoms with E-state index < -0.39 is 0 Å². The van der Waals surface area contributed by atoms with Crippen LogP contribution in [0.25, 0.3) is 16.7 Å². The third kappa shape index (κ3) is 4.20. The number of aromatic nitrogens is 3. The molecule has 1 N–H and O–H groups in total. The minimum atomic E-state index is -0.101. The number of rotatable bonds is 9. The lowest BCUT2D eigenvalue weighted by Gasteiger charge is -2.13. The fourth-order valence-corrected chi connectivity index (χ4v) is 3.69. The lowest BCUT2D eigenvalue weighted by molar-refractivity contribution is 0.164. The molecule has 2 aromatic heterocycles. The molecule has 1 aliphatic rings. The summed E-state index contributed by atoms with van der Waals surface area (Å²) in [5, 5.41) is 0.665. The molecule has 7 heteroatoms. The number of benzene rings is 1. The average molecular weight is 385 g/mol.